The van der Waals surface area contributed by atoms with Gasteiger partial charge in [-0.05, 0) is 34.7 Å². The van der Waals surface area contributed by atoms with Gasteiger partial charge in [0.25, 0.3) is 0 Å². The Balaban J connectivity index is 3.01. The predicted octanol–water partition coefficient (Wildman–Crippen LogP) is 1.12. The Morgan fingerprint density at radius 1 is 1.57 bits per heavy atom. The number of nitriles is 1. The van der Waals surface area contributed by atoms with Crippen LogP contribution in [-0.4, -0.2) is 18.3 Å². The molecule has 4 nitrogen and oxygen atoms in total. The summed E-state index contributed by atoms with van der Waals surface area (Å²) in [6, 6.07) is 5.24. The first kappa shape index (κ1) is 11.1. The van der Waals surface area contributed by atoms with E-state index in [1.807, 2.05) is 28.7 Å². The Morgan fingerprint density at radius 2 is 2.29 bits per heavy atom. The van der Waals surface area contributed by atoms with Crippen molar-refractivity contribution in [1.82, 2.24) is 0 Å². The molecule has 1 aromatic carbocycles. The molecule has 0 bridgehead atoms. The molecule has 0 aliphatic carbocycles. The maximum absolute atomic E-state index is 8.66. The molecule has 0 heterocycles. The first-order valence-corrected chi connectivity index (χ1v) is 4.99. The third-order valence-corrected chi connectivity index (χ3v) is 2.34. The highest BCUT2D eigenvalue weighted by molar-refractivity contribution is 14.1. The summed E-state index contributed by atoms with van der Waals surface area (Å²) in [5.41, 5.74) is 6.60. The highest BCUT2D eigenvalue weighted by Gasteiger charge is 2.07. The van der Waals surface area contributed by atoms with Gasteiger partial charge in [-0.15, -0.1) is 0 Å². The van der Waals surface area contributed by atoms with Gasteiger partial charge < -0.3 is 15.6 Å². The smallest absolute Gasteiger partial charge is 0.155 e. The molecule has 0 aliphatic heterocycles. The van der Waals surface area contributed by atoms with Gasteiger partial charge in [-0.3, -0.25) is 0 Å². The van der Waals surface area contributed by atoms with Crippen LogP contribution in [0.3, 0.4) is 0 Å². The lowest BCUT2D eigenvalue weighted by Gasteiger charge is -2.09. The lowest BCUT2D eigenvalue weighted by molar-refractivity contribution is 0.201. The van der Waals surface area contributed by atoms with Gasteiger partial charge >= 0.3 is 0 Å². The molecule has 0 spiro atoms. The van der Waals surface area contributed by atoms with Crippen molar-refractivity contribution in [2.75, 3.05) is 18.9 Å². The van der Waals surface area contributed by atoms with Crippen LogP contribution < -0.4 is 10.5 Å². The first-order chi connectivity index (χ1) is 6.69. The lowest BCUT2D eigenvalue weighted by atomic mass is 10.2. The topological polar surface area (TPSA) is 79.3 Å². The van der Waals surface area contributed by atoms with E-state index in [4.69, 9.17) is 20.8 Å². The van der Waals surface area contributed by atoms with E-state index in [1.54, 1.807) is 12.1 Å². The van der Waals surface area contributed by atoms with Gasteiger partial charge in [0.15, 0.2) is 5.75 Å². The van der Waals surface area contributed by atoms with E-state index in [2.05, 4.69) is 0 Å². The molecule has 0 radical (unpaired) electrons. The van der Waals surface area contributed by atoms with Crippen LogP contribution in [0.15, 0.2) is 12.1 Å². The summed E-state index contributed by atoms with van der Waals surface area (Å²) in [6.07, 6.45) is 0. The summed E-state index contributed by atoms with van der Waals surface area (Å²) < 4.78 is 6.00. The molecule has 14 heavy (non-hydrogen) atoms. The van der Waals surface area contributed by atoms with Crippen LogP contribution in [0.5, 0.6) is 5.75 Å². The molecule has 0 saturated carbocycles. The molecule has 5 heteroatoms. The molecule has 0 fully saturated rings. The van der Waals surface area contributed by atoms with Crippen molar-refractivity contribution in [3.8, 4) is 11.8 Å². The number of anilines is 1. The molecular weight excluding hydrogens is 295 g/mol. The minimum atomic E-state index is -0.0600. The number of benzene rings is 1. The van der Waals surface area contributed by atoms with Crippen molar-refractivity contribution in [3.63, 3.8) is 0 Å². The van der Waals surface area contributed by atoms with Crippen LogP contribution in [-0.2, 0) is 0 Å². The normalized spacial score (nSPS) is 9.50. The highest BCUT2D eigenvalue weighted by Crippen LogP contribution is 2.29. The summed E-state index contributed by atoms with van der Waals surface area (Å²) in [6.45, 7) is 0.140. The number of rotatable bonds is 3. The van der Waals surface area contributed by atoms with Crippen molar-refractivity contribution < 1.29 is 9.84 Å². The Labute approximate surface area is 95.4 Å². The SMILES string of the molecule is N#Cc1cc(N)c(OCCO)c(I)c1. The number of hydrogen-bond donors (Lipinski definition) is 2. The summed E-state index contributed by atoms with van der Waals surface area (Å²) in [5.74, 6) is 0.527. The van der Waals surface area contributed by atoms with Gasteiger partial charge in [-0.1, -0.05) is 0 Å². The van der Waals surface area contributed by atoms with Crippen LogP contribution in [0.1, 0.15) is 5.56 Å². The minimum absolute atomic E-state index is 0.0600. The minimum Gasteiger partial charge on any atom is -0.488 e. The summed E-state index contributed by atoms with van der Waals surface area (Å²) in [5, 5.41) is 17.3. The van der Waals surface area contributed by atoms with Gasteiger partial charge in [-0.2, -0.15) is 5.26 Å². The summed E-state index contributed by atoms with van der Waals surface area (Å²) in [4.78, 5) is 0. The Hall–Kier alpha value is -1.00. The molecule has 74 valence electrons. The van der Waals surface area contributed by atoms with E-state index in [0.29, 0.717) is 17.0 Å². The van der Waals surface area contributed by atoms with Crippen molar-refractivity contribution in [1.29, 1.82) is 5.26 Å². The summed E-state index contributed by atoms with van der Waals surface area (Å²) in [7, 11) is 0. The van der Waals surface area contributed by atoms with Gasteiger partial charge in [0, 0.05) is 0 Å². The number of nitrogens with two attached hydrogens (primary N) is 1. The average Bonchev–Trinajstić information content (AvgIpc) is 2.16. The summed E-state index contributed by atoms with van der Waals surface area (Å²) >= 11 is 2.04. The first-order valence-electron chi connectivity index (χ1n) is 3.91. The Morgan fingerprint density at radius 3 is 2.79 bits per heavy atom. The molecular formula is C9H9IN2O2. The molecule has 0 unspecified atom stereocenters. The van der Waals surface area contributed by atoms with Crippen LogP contribution in [0.4, 0.5) is 5.69 Å². The predicted molar refractivity (Wildman–Crippen MR) is 60.9 cm³/mol. The quantitative estimate of drug-likeness (QED) is 0.648. The third kappa shape index (κ3) is 2.49. The number of nitrogens with zero attached hydrogens (tertiary/aromatic N) is 1. The number of hydrogen-bond acceptors (Lipinski definition) is 4. The number of nitrogen functional groups attached to an aromatic ring is 1. The number of ether oxygens (including phenoxy) is 1. The van der Waals surface area contributed by atoms with Gasteiger partial charge in [0.2, 0.25) is 0 Å². The fourth-order valence-electron chi connectivity index (χ4n) is 0.979. The van der Waals surface area contributed by atoms with E-state index >= 15 is 0 Å². The molecule has 0 aliphatic rings. The molecule has 1 aromatic rings. The van der Waals surface area contributed by atoms with Crippen LogP contribution in [0, 0.1) is 14.9 Å². The van der Waals surface area contributed by atoms with Crippen LogP contribution >= 0.6 is 22.6 Å². The Kier molecular flexibility index (Phi) is 3.98. The van der Waals surface area contributed by atoms with Crippen LogP contribution in [0.2, 0.25) is 0 Å². The van der Waals surface area contributed by atoms with E-state index in [0.717, 1.165) is 3.57 Å². The fraction of sp³-hybridized carbons (Fsp3) is 0.222. The Bertz CT molecular complexity index is 351. The van der Waals surface area contributed by atoms with E-state index in [1.165, 1.54) is 0 Å². The largest absolute Gasteiger partial charge is 0.488 e. The zero-order chi connectivity index (χ0) is 10.6. The molecule has 1 rings (SSSR count). The zero-order valence-corrected chi connectivity index (χ0v) is 9.48. The monoisotopic (exact) mass is 304 g/mol. The molecule has 0 atom stereocenters. The van der Waals surface area contributed by atoms with Gasteiger partial charge in [0.1, 0.15) is 6.61 Å². The van der Waals surface area contributed by atoms with Crippen LogP contribution in [0.25, 0.3) is 0 Å². The van der Waals surface area contributed by atoms with Gasteiger partial charge in [-0.25, -0.2) is 0 Å². The maximum atomic E-state index is 8.66. The number of halogens is 1. The van der Waals surface area contributed by atoms with Crippen molar-refractivity contribution in [3.05, 3.63) is 21.3 Å². The second kappa shape index (κ2) is 5.02. The lowest BCUT2D eigenvalue weighted by Crippen LogP contribution is -2.05. The molecule has 3 N–H and O–H groups in total. The number of aliphatic hydroxyl groups is 1. The second-order valence-electron chi connectivity index (χ2n) is 2.56. The second-order valence-corrected chi connectivity index (χ2v) is 3.72. The van der Waals surface area contributed by atoms with Crippen molar-refractivity contribution >= 4 is 28.3 Å². The van der Waals surface area contributed by atoms with Crippen molar-refractivity contribution in [2.45, 2.75) is 0 Å². The van der Waals surface area contributed by atoms with Gasteiger partial charge in [0.05, 0.1) is 27.5 Å². The average molecular weight is 304 g/mol. The third-order valence-electron chi connectivity index (χ3n) is 1.54. The standard InChI is InChI=1S/C9H9IN2O2/c10-7-3-6(5-11)4-8(12)9(7)14-2-1-13/h3-4,13H,1-2,12H2. The zero-order valence-electron chi connectivity index (χ0n) is 7.33. The fourth-order valence-corrected chi connectivity index (χ4v) is 1.78. The molecule has 0 aromatic heterocycles. The van der Waals surface area contributed by atoms with E-state index in [9.17, 15) is 0 Å². The van der Waals surface area contributed by atoms with Crippen molar-refractivity contribution in [2.24, 2.45) is 0 Å². The highest BCUT2D eigenvalue weighted by atomic mass is 127. The van der Waals surface area contributed by atoms with E-state index < -0.39 is 0 Å². The van der Waals surface area contributed by atoms with E-state index in [-0.39, 0.29) is 13.2 Å². The maximum Gasteiger partial charge on any atom is 0.155 e. The molecule has 0 saturated heterocycles. The molecule has 0 amide bonds. The number of aliphatic hydroxyl groups excluding tert-OH is 1.